The monoisotopic (exact) mass is 211 g/mol. The highest BCUT2D eigenvalue weighted by atomic mass is 32.2. The quantitative estimate of drug-likeness (QED) is 0.756. The number of ether oxygens (including phenoxy) is 1. The van der Waals surface area contributed by atoms with Crippen molar-refractivity contribution in [3.63, 3.8) is 0 Å². The van der Waals surface area contributed by atoms with E-state index in [9.17, 15) is 0 Å². The fourth-order valence-electron chi connectivity index (χ4n) is 1.04. The van der Waals surface area contributed by atoms with Crippen molar-refractivity contribution in [3.05, 3.63) is 24.3 Å². The first kappa shape index (κ1) is 11.4. The number of nitrogens with one attached hydrogen (secondary N) is 1. The van der Waals surface area contributed by atoms with Gasteiger partial charge in [-0.05, 0) is 26.1 Å². The van der Waals surface area contributed by atoms with Crippen LogP contribution in [0.15, 0.2) is 29.2 Å². The molecule has 0 aliphatic carbocycles. The van der Waals surface area contributed by atoms with E-state index < -0.39 is 0 Å². The molecule has 1 aromatic carbocycles. The molecule has 0 saturated heterocycles. The van der Waals surface area contributed by atoms with Gasteiger partial charge in [0.25, 0.3) is 0 Å². The third-order valence-electron chi connectivity index (χ3n) is 2.05. The zero-order chi connectivity index (χ0) is 10.4. The Labute approximate surface area is 90.0 Å². The molecule has 1 N–H and O–H groups in total. The van der Waals surface area contributed by atoms with Gasteiger partial charge in [0.1, 0.15) is 5.75 Å². The lowest BCUT2D eigenvalue weighted by molar-refractivity contribution is 0.405. The van der Waals surface area contributed by atoms with E-state index in [0.29, 0.717) is 6.04 Å². The molecule has 0 amide bonds. The van der Waals surface area contributed by atoms with Gasteiger partial charge in [-0.1, -0.05) is 12.1 Å². The average Bonchev–Trinajstić information content (AvgIpc) is 2.26. The van der Waals surface area contributed by atoms with Crippen molar-refractivity contribution in [2.45, 2.75) is 17.9 Å². The third kappa shape index (κ3) is 3.24. The maximum atomic E-state index is 5.27. The van der Waals surface area contributed by atoms with Crippen LogP contribution in [0, 0.1) is 0 Å². The summed E-state index contributed by atoms with van der Waals surface area (Å²) in [4.78, 5) is 1.21. The zero-order valence-electron chi connectivity index (χ0n) is 8.91. The molecular weight excluding hydrogens is 194 g/mol. The van der Waals surface area contributed by atoms with Crippen molar-refractivity contribution in [2.75, 3.05) is 19.9 Å². The van der Waals surface area contributed by atoms with Crippen molar-refractivity contribution in [2.24, 2.45) is 0 Å². The van der Waals surface area contributed by atoms with Gasteiger partial charge in [0.2, 0.25) is 0 Å². The Bertz CT molecular complexity index is 278. The first-order chi connectivity index (χ1) is 6.77. The standard InChI is InChI=1S/C11H17NOS/c1-9(12-2)8-14-11-7-5-4-6-10(11)13-3/h4-7,9,12H,8H2,1-3H3. The van der Waals surface area contributed by atoms with Gasteiger partial charge in [0, 0.05) is 16.7 Å². The van der Waals surface area contributed by atoms with Gasteiger partial charge in [-0.3, -0.25) is 0 Å². The number of hydrogen-bond donors (Lipinski definition) is 1. The maximum Gasteiger partial charge on any atom is 0.132 e. The summed E-state index contributed by atoms with van der Waals surface area (Å²) in [5, 5.41) is 3.21. The highest BCUT2D eigenvalue weighted by Gasteiger charge is 2.04. The Morgan fingerprint density at radius 2 is 2.14 bits per heavy atom. The fourth-order valence-corrected chi connectivity index (χ4v) is 2.10. The van der Waals surface area contributed by atoms with E-state index in [1.807, 2.05) is 37.0 Å². The SMILES string of the molecule is CNC(C)CSc1ccccc1OC. The van der Waals surface area contributed by atoms with Gasteiger partial charge >= 0.3 is 0 Å². The van der Waals surface area contributed by atoms with Crippen molar-refractivity contribution in [3.8, 4) is 5.75 Å². The minimum absolute atomic E-state index is 0.518. The van der Waals surface area contributed by atoms with Crippen LogP contribution in [0.5, 0.6) is 5.75 Å². The van der Waals surface area contributed by atoms with Gasteiger partial charge in [-0.2, -0.15) is 0 Å². The highest BCUT2D eigenvalue weighted by Crippen LogP contribution is 2.28. The van der Waals surface area contributed by atoms with Crippen LogP contribution in [0.4, 0.5) is 0 Å². The van der Waals surface area contributed by atoms with E-state index in [4.69, 9.17) is 4.74 Å². The van der Waals surface area contributed by atoms with Crippen LogP contribution in [0.3, 0.4) is 0 Å². The summed E-state index contributed by atoms with van der Waals surface area (Å²) in [6, 6.07) is 8.63. The van der Waals surface area contributed by atoms with Crippen LogP contribution in [0.2, 0.25) is 0 Å². The van der Waals surface area contributed by atoms with Crippen LogP contribution in [-0.2, 0) is 0 Å². The molecule has 0 fully saturated rings. The predicted molar refractivity (Wildman–Crippen MR) is 62.2 cm³/mol. The molecule has 14 heavy (non-hydrogen) atoms. The van der Waals surface area contributed by atoms with Crippen LogP contribution >= 0.6 is 11.8 Å². The summed E-state index contributed by atoms with van der Waals surface area (Å²) >= 11 is 1.82. The zero-order valence-corrected chi connectivity index (χ0v) is 9.73. The largest absolute Gasteiger partial charge is 0.496 e. The van der Waals surface area contributed by atoms with Gasteiger partial charge in [0.15, 0.2) is 0 Å². The molecule has 0 heterocycles. The molecule has 3 heteroatoms. The second kappa shape index (κ2) is 5.94. The summed E-state index contributed by atoms with van der Waals surface area (Å²) in [5.41, 5.74) is 0. The minimum atomic E-state index is 0.518. The Hall–Kier alpha value is -0.670. The van der Waals surface area contributed by atoms with Crippen LogP contribution < -0.4 is 10.1 Å². The van der Waals surface area contributed by atoms with Gasteiger partial charge in [0.05, 0.1) is 7.11 Å². The molecule has 1 atom stereocenters. The molecule has 0 bridgehead atoms. The Morgan fingerprint density at radius 3 is 2.79 bits per heavy atom. The minimum Gasteiger partial charge on any atom is -0.496 e. The van der Waals surface area contributed by atoms with Crippen LogP contribution in [0.25, 0.3) is 0 Å². The molecule has 0 saturated carbocycles. The molecule has 0 aliphatic heterocycles. The molecule has 0 aromatic heterocycles. The molecule has 0 spiro atoms. The van der Waals surface area contributed by atoms with E-state index in [1.54, 1.807) is 7.11 Å². The first-order valence-corrected chi connectivity index (χ1v) is 5.69. The molecule has 1 aromatic rings. The maximum absolute atomic E-state index is 5.27. The van der Waals surface area contributed by atoms with Crippen LogP contribution in [0.1, 0.15) is 6.92 Å². The van der Waals surface area contributed by atoms with Gasteiger partial charge < -0.3 is 10.1 Å². The van der Waals surface area contributed by atoms with E-state index in [0.717, 1.165) is 11.5 Å². The normalized spacial score (nSPS) is 12.5. The lowest BCUT2D eigenvalue weighted by Crippen LogP contribution is -2.23. The number of hydrogen-bond acceptors (Lipinski definition) is 3. The molecular formula is C11H17NOS. The molecule has 0 aliphatic rings. The number of methoxy groups -OCH3 is 1. The van der Waals surface area contributed by atoms with Crippen molar-refractivity contribution in [1.82, 2.24) is 5.32 Å². The van der Waals surface area contributed by atoms with E-state index in [1.165, 1.54) is 4.90 Å². The molecule has 1 rings (SSSR count). The highest BCUT2D eigenvalue weighted by molar-refractivity contribution is 7.99. The summed E-state index contributed by atoms with van der Waals surface area (Å²) in [6.07, 6.45) is 0. The average molecular weight is 211 g/mol. The van der Waals surface area contributed by atoms with E-state index in [-0.39, 0.29) is 0 Å². The fraction of sp³-hybridized carbons (Fsp3) is 0.455. The smallest absolute Gasteiger partial charge is 0.132 e. The topological polar surface area (TPSA) is 21.3 Å². The van der Waals surface area contributed by atoms with Gasteiger partial charge in [-0.15, -0.1) is 11.8 Å². The lowest BCUT2D eigenvalue weighted by atomic mass is 10.3. The summed E-state index contributed by atoms with van der Waals surface area (Å²) < 4.78 is 5.27. The van der Waals surface area contributed by atoms with E-state index >= 15 is 0 Å². The van der Waals surface area contributed by atoms with Crippen LogP contribution in [-0.4, -0.2) is 26.0 Å². The third-order valence-corrected chi connectivity index (χ3v) is 3.37. The van der Waals surface area contributed by atoms with E-state index in [2.05, 4.69) is 18.3 Å². The number of para-hydroxylation sites is 1. The van der Waals surface area contributed by atoms with Crippen molar-refractivity contribution in [1.29, 1.82) is 0 Å². The second-order valence-electron chi connectivity index (χ2n) is 3.15. The number of benzene rings is 1. The first-order valence-electron chi connectivity index (χ1n) is 4.71. The number of thioether (sulfide) groups is 1. The molecule has 0 radical (unpaired) electrons. The molecule has 1 unspecified atom stereocenters. The Balaban J connectivity index is 2.57. The number of rotatable bonds is 5. The second-order valence-corrected chi connectivity index (χ2v) is 4.21. The summed E-state index contributed by atoms with van der Waals surface area (Å²) in [6.45, 7) is 2.17. The van der Waals surface area contributed by atoms with Crippen molar-refractivity contribution >= 4 is 11.8 Å². The van der Waals surface area contributed by atoms with Crippen molar-refractivity contribution < 1.29 is 4.74 Å². The Morgan fingerprint density at radius 1 is 1.43 bits per heavy atom. The van der Waals surface area contributed by atoms with Gasteiger partial charge in [-0.25, -0.2) is 0 Å². The summed E-state index contributed by atoms with van der Waals surface area (Å²) in [7, 11) is 3.69. The molecule has 2 nitrogen and oxygen atoms in total. The lowest BCUT2D eigenvalue weighted by Gasteiger charge is -2.11. The molecule has 78 valence electrons. The summed E-state index contributed by atoms with van der Waals surface area (Å²) in [5.74, 6) is 2.01. The Kier molecular flexibility index (Phi) is 4.84. The predicted octanol–water partition coefficient (Wildman–Crippen LogP) is 2.40.